The number of likely N-dealkylation sites (N-methyl/N-ethyl adjacent to an activating group) is 1. The summed E-state index contributed by atoms with van der Waals surface area (Å²) in [5.74, 6) is 1.05. The van der Waals surface area contributed by atoms with Crippen LogP contribution in [0.3, 0.4) is 0 Å². The first-order chi connectivity index (χ1) is 9.62. The molecule has 120 valence electrons. The fraction of sp³-hybridized carbons (Fsp3) is 0.562. The molecule has 1 aromatic carbocycles. The zero-order valence-electron chi connectivity index (χ0n) is 13.2. The molecule has 0 fully saturated rings. The average molecular weight is 315 g/mol. The van der Waals surface area contributed by atoms with Crippen molar-refractivity contribution in [3.8, 4) is 5.75 Å². The SMILES string of the molecule is CCN(C(=O)CCCN)C(C)Cc1ccc(OC)cc1.Cl. The third kappa shape index (κ3) is 6.36. The van der Waals surface area contributed by atoms with E-state index in [4.69, 9.17) is 10.5 Å². The Balaban J connectivity index is 0.00000400. The van der Waals surface area contributed by atoms with Gasteiger partial charge in [0.15, 0.2) is 0 Å². The van der Waals surface area contributed by atoms with E-state index in [1.165, 1.54) is 5.56 Å². The Morgan fingerprint density at radius 1 is 1.33 bits per heavy atom. The van der Waals surface area contributed by atoms with E-state index >= 15 is 0 Å². The molecule has 1 aromatic rings. The minimum atomic E-state index is 0. The second-order valence-corrected chi connectivity index (χ2v) is 4.97. The zero-order valence-corrected chi connectivity index (χ0v) is 14.0. The number of carbonyl (C=O) groups excluding carboxylic acids is 1. The average Bonchev–Trinajstić information content (AvgIpc) is 2.46. The van der Waals surface area contributed by atoms with Gasteiger partial charge in [-0.15, -0.1) is 12.4 Å². The number of ether oxygens (including phenoxy) is 1. The monoisotopic (exact) mass is 314 g/mol. The third-order valence-electron chi connectivity index (χ3n) is 3.48. The lowest BCUT2D eigenvalue weighted by atomic mass is 10.1. The number of carbonyl (C=O) groups is 1. The predicted molar refractivity (Wildman–Crippen MR) is 89.1 cm³/mol. The van der Waals surface area contributed by atoms with Gasteiger partial charge in [0.05, 0.1) is 7.11 Å². The van der Waals surface area contributed by atoms with Crippen LogP contribution < -0.4 is 10.5 Å². The number of nitrogens with zero attached hydrogens (tertiary/aromatic N) is 1. The van der Waals surface area contributed by atoms with Crippen LogP contribution in [-0.2, 0) is 11.2 Å². The topological polar surface area (TPSA) is 55.6 Å². The molecule has 0 spiro atoms. The Morgan fingerprint density at radius 2 is 1.95 bits per heavy atom. The number of halogens is 1. The van der Waals surface area contributed by atoms with E-state index in [1.807, 2.05) is 36.1 Å². The van der Waals surface area contributed by atoms with Crippen molar-refractivity contribution in [2.45, 2.75) is 39.2 Å². The number of methoxy groups -OCH3 is 1. The highest BCUT2D eigenvalue weighted by atomic mass is 35.5. The number of nitrogens with two attached hydrogens (primary N) is 1. The molecule has 1 unspecified atom stereocenters. The van der Waals surface area contributed by atoms with Crippen LogP contribution in [0.25, 0.3) is 0 Å². The number of hydrogen-bond donors (Lipinski definition) is 1. The van der Waals surface area contributed by atoms with Gasteiger partial charge < -0.3 is 15.4 Å². The van der Waals surface area contributed by atoms with E-state index in [-0.39, 0.29) is 24.4 Å². The van der Waals surface area contributed by atoms with Crippen LogP contribution >= 0.6 is 12.4 Å². The van der Waals surface area contributed by atoms with Crippen molar-refractivity contribution in [1.29, 1.82) is 0 Å². The second kappa shape index (κ2) is 10.5. The Morgan fingerprint density at radius 3 is 2.43 bits per heavy atom. The van der Waals surface area contributed by atoms with E-state index in [0.29, 0.717) is 13.0 Å². The number of hydrogen-bond acceptors (Lipinski definition) is 3. The van der Waals surface area contributed by atoms with E-state index < -0.39 is 0 Å². The van der Waals surface area contributed by atoms with Crippen molar-refractivity contribution in [3.63, 3.8) is 0 Å². The summed E-state index contributed by atoms with van der Waals surface area (Å²) in [6.45, 7) is 5.41. The molecular weight excluding hydrogens is 288 g/mol. The molecule has 5 heteroatoms. The summed E-state index contributed by atoms with van der Waals surface area (Å²) < 4.78 is 5.15. The van der Waals surface area contributed by atoms with Crippen molar-refractivity contribution < 1.29 is 9.53 Å². The number of amides is 1. The van der Waals surface area contributed by atoms with Crippen LogP contribution in [0.15, 0.2) is 24.3 Å². The summed E-state index contributed by atoms with van der Waals surface area (Å²) >= 11 is 0. The van der Waals surface area contributed by atoms with Gasteiger partial charge in [-0.2, -0.15) is 0 Å². The van der Waals surface area contributed by atoms with E-state index in [2.05, 4.69) is 6.92 Å². The Bertz CT molecular complexity index is 409. The zero-order chi connectivity index (χ0) is 15.0. The second-order valence-electron chi connectivity index (χ2n) is 4.97. The number of rotatable bonds is 8. The predicted octanol–water partition coefficient (Wildman–Crippen LogP) is 2.64. The molecule has 21 heavy (non-hydrogen) atoms. The standard InChI is InChI=1S/C16H26N2O2.ClH/c1-4-18(16(19)6-5-11-17)13(2)12-14-7-9-15(20-3)10-8-14;/h7-10,13H,4-6,11-12,17H2,1-3H3;1H. The highest BCUT2D eigenvalue weighted by Crippen LogP contribution is 2.15. The fourth-order valence-electron chi connectivity index (χ4n) is 2.34. The molecule has 0 aliphatic heterocycles. The van der Waals surface area contributed by atoms with E-state index in [9.17, 15) is 4.79 Å². The maximum Gasteiger partial charge on any atom is 0.222 e. The Hall–Kier alpha value is -1.26. The highest BCUT2D eigenvalue weighted by molar-refractivity contribution is 5.85. The van der Waals surface area contributed by atoms with Crippen LogP contribution in [-0.4, -0.2) is 37.0 Å². The summed E-state index contributed by atoms with van der Waals surface area (Å²) in [6.07, 6.45) is 2.15. The molecule has 0 bridgehead atoms. The largest absolute Gasteiger partial charge is 0.497 e. The van der Waals surface area contributed by atoms with Gasteiger partial charge in [0.25, 0.3) is 0 Å². The van der Waals surface area contributed by atoms with Crippen LogP contribution in [0.5, 0.6) is 5.75 Å². The van der Waals surface area contributed by atoms with Gasteiger partial charge in [0, 0.05) is 19.0 Å². The molecule has 2 N–H and O–H groups in total. The maximum atomic E-state index is 12.1. The molecule has 4 nitrogen and oxygen atoms in total. The first-order valence-corrected chi connectivity index (χ1v) is 7.24. The summed E-state index contributed by atoms with van der Waals surface area (Å²) in [4.78, 5) is 14.0. The lowest BCUT2D eigenvalue weighted by Crippen LogP contribution is -2.39. The molecule has 0 aliphatic rings. The molecule has 0 radical (unpaired) electrons. The first-order valence-electron chi connectivity index (χ1n) is 7.24. The van der Waals surface area contributed by atoms with Crippen molar-refractivity contribution in [3.05, 3.63) is 29.8 Å². The molecular formula is C16H27ClN2O2. The van der Waals surface area contributed by atoms with Gasteiger partial charge in [-0.1, -0.05) is 12.1 Å². The van der Waals surface area contributed by atoms with Crippen molar-refractivity contribution in [1.82, 2.24) is 4.90 Å². The first kappa shape index (κ1) is 19.7. The molecule has 0 heterocycles. The van der Waals surface area contributed by atoms with E-state index in [0.717, 1.165) is 25.1 Å². The normalized spacial score (nSPS) is 11.4. The molecule has 1 atom stereocenters. The lowest BCUT2D eigenvalue weighted by Gasteiger charge is -2.28. The van der Waals surface area contributed by atoms with Gasteiger partial charge in [0.1, 0.15) is 5.75 Å². The minimum absolute atomic E-state index is 0. The highest BCUT2D eigenvalue weighted by Gasteiger charge is 2.18. The molecule has 0 aliphatic carbocycles. The van der Waals surface area contributed by atoms with Gasteiger partial charge >= 0.3 is 0 Å². The number of benzene rings is 1. The van der Waals surface area contributed by atoms with Gasteiger partial charge in [-0.3, -0.25) is 4.79 Å². The summed E-state index contributed by atoms with van der Waals surface area (Å²) in [5.41, 5.74) is 6.67. The Labute approximate surface area is 134 Å². The summed E-state index contributed by atoms with van der Waals surface area (Å²) in [7, 11) is 1.66. The quantitative estimate of drug-likeness (QED) is 0.802. The van der Waals surface area contributed by atoms with Crippen molar-refractivity contribution >= 4 is 18.3 Å². The maximum absolute atomic E-state index is 12.1. The molecule has 0 saturated carbocycles. The fourth-order valence-corrected chi connectivity index (χ4v) is 2.34. The lowest BCUT2D eigenvalue weighted by molar-refractivity contribution is -0.133. The van der Waals surface area contributed by atoms with Crippen LogP contribution in [0, 0.1) is 0 Å². The third-order valence-corrected chi connectivity index (χ3v) is 3.48. The van der Waals surface area contributed by atoms with Crippen molar-refractivity contribution in [2.75, 3.05) is 20.2 Å². The van der Waals surface area contributed by atoms with Gasteiger partial charge in [0.2, 0.25) is 5.91 Å². The summed E-state index contributed by atoms with van der Waals surface area (Å²) in [5, 5.41) is 0. The van der Waals surface area contributed by atoms with Gasteiger partial charge in [-0.25, -0.2) is 0 Å². The van der Waals surface area contributed by atoms with Crippen LogP contribution in [0.1, 0.15) is 32.3 Å². The summed E-state index contributed by atoms with van der Waals surface area (Å²) in [6, 6.07) is 8.20. The minimum Gasteiger partial charge on any atom is -0.497 e. The molecule has 1 rings (SSSR count). The van der Waals surface area contributed by atoms with Gasteiger partial charge in [-0.05, 0) is 50.9 Å². The molecule has 1 amide bonds. The smallest absolute Gasteiger partial charge is 0.222 e. The molecule has 0 aromatic heterocycles. The Kier molecular flexibility index (Phi) is 9.84. The van der Waals surface area contributed by atoms with Crippen LogP contribution in [0.4, 0.5) is 0 Å². The van der Waals surface area contributed by atoms with Crippen molar-refractivity contribution in [2.24, 2.45) is 5.73 Å². The van der Waals surface area contributed by atoms with E-state index in [1.54, 1.807) is 7.11 Å². The van der Waals surface area contributed by atoms with Crippen LogP contribution in [0.2, 0.25) is 0 Å². The molecule has 0 saturated heterocycles.